The number of rotatable bonds is 8. The van der Waals surface area contributed by atoms with Gasteiger partial charge in [0.25, 0.3) is 0 Å². The molecule has 11 heteroatoms. The quantitative estimate of drug-likeness (QED) is 0.368. The van der Waals surface area contributed by atoms with E-state index in [4.69, 9.17) is 18.6 Å². The topological polar surface area (TPSA) is 112 Å². The van der Waals surface area contributed by atoms with E-state index in [0.717, 1.165) is 6.07 Å². The van der Waals surface area contributed by atoms with Gasteiger partial charge in [0.05, 0.1) is 39.1 Å². The van der Waals surface area contributed by atoms with Crippen LogP contribution >= 0.6 is 0 Å². The number of carbonyl (C=O) groups excluding carboxylic acids is 2. The molecule has 3 aromatic rings. The molecule has 0 aliphatic carbocycles. The first-order valence-electron chi connectivity index (χ1n) is 10.7. The molecule has 4 rings (SSSR count). The predicted molar refractivity (Wildman–Crippen MR) is 122 cm³/mol. The van der Waals surface area contributed by atoms with E-state index >= 15 is 0 Å². The van der Waals surface area contributed by atoms with Crippen molar-refractivity contribution in [3.63, 3.8) is 0 Å². The van der Waals surface area contributed by atoms with Gasteiger partial charge in [-0.15, -0.1) is 0 Å². The number of fused-ring (bicyclic) bond motifs is 1. The van der Waals surface area contributed by atoms with Crippen LogP contribution in [-0.2, 0) is 9.53 Å². The first kappa shape index (κ1) is 24.1. The monoisotopic (exact) mass is 487 g/mol. The molecule has 0 unspecified atom stereocenters. The summed E-state index contributed by atoms with van der Waals surface area (Å²) in [5.41, 5.74) is -0.613. The first-order valence-corrected chi connectivity index (χ1v) is 10.7. The Kier molecular flexibility index (Phi) is 6.97. The fourth-order valence-electron chi connectivity index (χ4n) is 3.83. The van der Waals surface area contributed by atoms with E-state index in [1.807, 2.05) is 0 Å². The van der Waals surface area contributed by atoms with E-state index in [1.165, 1.54) is 32.6 Å². The molecule has 0 spiro atoms. The summed E-state index contributed by atoms with van der Waals surface area (Å²) in [6.07, 6.45) is 3.18. The summed E-state index contributed by atoms with van der Waals surface area (Å²) in [5, 5.41) is 6.54. The van der Waals surface area contributed by atoms with Gasteiger partial charge in [0.15, 0.2) is 34.5 Å². The number of ketones is 1. The van der Waals surface area contributed by atoms with Crippen LogP contribution in [0.5, 0.6) is 11.5 Å². The Morgan fingerprint density at radius 2 is 1.86 bits per heavy atom. The lowest BCUT2D eigenvalue weighted by Gasteiger charge is -2.32. The maximum atomic E-state index is 14.8. The number of halogens is 2. The Morgan fingerprint density at radius 1 is 1.14 bits per heavy atom. The van der Waals surface area contributed by atoms with Crippen molar-refractivity contribution >= 4 is 28.5 Å². The van der Waals surface area contributed by atoms with E-state index in [2.05, 4.69) is 22.2 Å². The van der Waals surface area contributed by atoms with Crippen molar-refractivity contribution < 1.29 is 37.0 Å². The molecule has 1 saturated heterocycles. The van der Waals surface area contributed by atoms with Crippen molar-refractivity contribution in [2.75, 3.05) is 32.8 Å². The number of methoxy groups -OCH3 is 2. The number of amides is 1. The first-order chi connectivity index (χ1) is 16.9. The number of hydrogen-bond acceptors (Lipinski definition) is 8. The highest BCUT2D eigenvalue weighted by Gasteiger charge is 2.29. The molecule has 1 aliphatic heterocycles. The highest BCUT2D eigenvalue weighted by atomic mass is 19.1. The van der Waals surface area contributed by atoms with Gasteiger partial charge in [-0.3, -0.25) is 9.59 Å². The van der Waals surface area contributed by atoms with Gasteiger partial charge in [-0.1, -0.05) is 6.58 Å². The summed E-state index contributed by atoms with van der Waals surface area (Å²) in [5.74, 6) is -4.18. The number of benzene rings is 1. The Bertz CT molecular complexity index is 1260. The molecular weight excluding hydrogens is 464 g/mol. The number of aromatic nitrogens is 1. The Hall–Kier alpha value is -3.99. The molecule has 2 aromatic heterocycles. The van der Waals surface area contributed by atoms with Gasteiger partial charge in [0, 0.05) is 18.1 Å². The van der Waals surface area contributed by atoms with Crippen molar-refractivity contribution in [3.05, 3.63) is 60.0 Å². The van der Waals surface area contributed by atoms with Crippen LogP contribution in [0.15, 0.2) is 41.5 Å². The number of anilines is 1. The van der Waals surface area contributed by atoms with E-state index in [0.29, 0.717) is 30.8 Å². The summed E-state index contributed by atoms with van der Waals surface area (Å²) in [4.78, 5) is 29.0. The zero-order valence-electron chi connectivity index (χ0n) is 19.0. The van der Waals surface area contributed by atoms with Crippen molar-refractivity contribution in [2.45, 2.75) is 18.5 Å². The van der Waals surface area contributed by atoms with Gasteiger partial charge in [0.1, 0.15) is 11.4 Å². The standard InChI is InChI=1S/C24H23F2N3O6/c1-4-20(30)29-13-5-6-34-11-14(13)28-19-8-12-7-17(35-18(12)10-27-19)24(31)21-22(25)15(32-2)9-16(33-3)23(21)26/h4,7-10,13-14H,1,5-6,11H2,2-3H3,(H,27,28)(H,29,30)/t13-,14+/m0/s1. The largest absolute Gasteiger partial charge is 0.494 e. The van der Waals surface area contributed by atoms with Gasteiger partial charge >= 0.3 is 0 Å². The van der Waals surface area contributed by atoms with Gasteiger partial charge in [-0.05, 0) is 24.6 Å². The van der Waals surface area contributed by atoms with Crippen molar-refractivity contribution in [1.29, 1.82) is 0 Å². The van der Waals surface area contributed by atoms with Crippen LogP contribution in [0.3, 0.4) is 0 Å². The molecule has 184 valence electrons. The molecule has 1 aromatic carbocycles. The molecule has 3 heterocycles. The molecular formula is C24H23F2N3O6. The number of furan rings is 1. The summed E-state index contributed by atoms with van der Waals surface area (Å²) in [7, 11) is 2.38. The minimum absolute atomic E-state index is 0.206. The van der Waals surface area contributed by atoms with Crippen LogP contribution in [0.1, 0.15) is 22.5 Å². The third kappa shape index (κ3) is 4.80. The van der Waals surface area contributed by atoms with E-state index in [-0.39, 0.29) is 40.8 Å². The molecule has 2 N–H and O–H groups in total. The maximum Gasteiger partial charge on any atom is 0.243 e. The number of nitrogens with zero attached hydrogens (tertiary/aromatic N) is 1. The average molecular weight is 487 g/mol. The second-order valence-electron chi connectivity index (χ2n) is 7.76. The van der Waals surface area contributed by atoms with Gasteiger partial charge < -0.3 is 29.3 Å². The molecule has 1 amide bonds. The normalized spacial score (nSPS) is 17.6. The number of carbonyl (C=O) groups is 2. The smallest absolute Gasteiger partial charge is 0.243 e. The lowest BCUT2D eigenvalue weighted by atomic mass is 10.0. The highest BCUT2D eigenvalue weighted by molar-refractivity contribution is 6.10. The molecule has 35 heavy (non-hydrogen) atoms. The van der Waals surface area contributed by atoms with Crippen LogP contribution in [-0.4, -0.2) is 56.2 Å². The average Bonchev–Trinajstić information content (AvgIpc) is 3.29. The Labute approximate surface area is 199 Å². The van der Waals surface area contributed by atoms with E-state index < -0.39 is 23.0 Å². The zero-order chi connectivity index (χ0) is 25.1. The molecule has 0 bridgehead atoms. The highest BCUT2D eigenvalue weighted by Crippen LogP contribution is 2.33. The second-order valence-corrected chi connectivity index (χ2v) is 7.76. The fraction of sp³-hybridized carbons (Fsp3) is 0.292. The predicted octanol–water partition coefficient (Wildman–Crippen LogP) is 3.23. The number of nitrogens with one attached hydrogen (secondary N) is 2. The summed E-state index contributed by atoms with van der Waals surface area (Å²) in [6.45, 7) is 4.31. The lowest BCUT2D eigenvalue weighted by Crippen LogP contribution is -2.52. The third-order valence-electron chi connectivity index (χ3n) is 5.63. The zero-order valence-corrected chi connectivity index (χ0v) is 19.0. The van der Waals surface area contributed by atoms with Crippen LogP contribution < -0.4 is 20.1 Å². The molecule has 0 saturated carbocycles. The second kappa shape index (κ2) is 10.1. The van der Waals surface area contributed by atoms with Crippen LogP contribution in [0.4, 0.5) is 14.6 Å². The fourth-order valence-corrected chi connectivity index (χ4v) is 3.83. The SMILES string of the molecule is C=CC(=O)N[C@H]1CCOC[C@H]1Nc1cc2cc(C(=O)c3c(F)c(OC)cc(OC)c3F)oc2cn1. The van der Waals surface area contributed by atoms with Crippen molar-refractivity contribution in [3.8, 4) is 11.5 Å². The minimum atomic E-state index is -1.17. The summed E-state index contributed by atoms with van der Waals surface area (Å²) in [6, 6.07) is 3.53. The molecule has 2 atom stereocenters. The van der Waals surface area contributed by atoms with E-state index in [1.54, 1.807) is 6.07 Å². The maximum absolute atomic E-state index is 14.8. The number of ether oxygens (including phenoxy) is 3. The van der Waals surface area contributed by atoms with Gasteiger partial charge in [0.2, 0.25) is 11.7 Å². The van der Waals surface area contributed by atoms with Crippen molar-refractivity contribution in [1.82, 2.24) is 10.3 Å². The number of hydrogen-bond donors (Lipinski definition) is 2. The molecule has 1 fully saturated rings. The summed E-state index contributed by atoms with van der Waals surface area (Å²) >= 11 is 0. The molecule has 1 aliphatic rings. The lowest BCUT2D eigenvalue weighted by molar-refractivity contribution is -0.117. The van der Waals surface area contributed by atoms with Crippen LogP contribution in [0.2, 0.25) is 0 Å². The van der Waals surface area contributed by atoms with Crippen LogP contribution in [0, 0.1) is 11.6 Å². The number of pyridine rings is 1. The van der Waals surface area contributed by atoms with Gasteiger partial charge in [-0.2, -0.15) is 0 Å². The summed E-state index contributed by atoms with van der Waals surface area (Å²) < 4.78 is 50.4. The Balaban J connectivity index is 1.62. The van der Waals surface area contributed by atoms with Gasteiger partial charge in [-0.25, -0.2) is 13.8 Å². The Morgan fingerprint density at radius 3 is 2.51 bits per heavy atom. The minimum Gasteiger partial charge on any atom is -0.494 e. The molecule has 9 nitrogen and oxygen atoms in total. The molecule has 0 radical (unpaired) electrons. The van der Waals surface area contributed by atoms with E-state index in [9.17, 15) is 18.4 Å². The van der Waals surface area contributed by atoms with Crippen molar-refractivity contribution in [2.24, 2.45) is 0 Å². The van der Waals surface area contributed by atoms with Crippen LogP contribution in [0.25, 0.3) is 11.0 Å². The third-order valence-corrected chi connectivity index (χ3v) is 5.63.